The number of benzene rings is 1. The van der Waals surface area contributed by atoms with Crippen LogP contribution in [0.2, 0.25) is 5.02 Å². The molecule has 19 heavy (non-hydrogen) atoms. The van der Waals surface area contributed by atoms with Crippen LogP contribution in [-0.2, 0) is 12.8 Å². The summed E-state index contributed by atoms with van der Waals surface area (Å²) in [6.07, 6.45) is 4.24. The van der Waals surface area contributed by atoms with Crippen molar-refractivity contribution in [1.29, 1.82) is 0 Å². The summed E-state index contributed by atoms with van der Waals surface area (Å²) >= 11 is 6.33. The van der Waals surface area contributed by atoms with E-state index in [0.717, 1.165) is 36.0 Å². The van der Waals surface area contributed by atoms with Gasteiger partial charge < -0.3 is 10.8 Å². The zero-order valence-electron chi connectivity index (χ0n) is 10.8. The summed E-state index contributed by atoms with van der Waals surface area (Å²) in [5.74, 6) is 0.533. The summed E-state index contributed by atoms with van der Waals surface area (Å²) in [4.78, 5) is 0. The third-order valence-electron chi connectivity index (χ3n) is 3.87. The van der Waals surface area contributed by atoms with Gasteiger partial charge in [-0.25, -0.2) is 0 Å². The largest absolute Gasteiger partial charge is 0.506 e. The molecule has 0 fully saturated rings. The monoisotopic (exact) mass is 277 g/mol. The number of H-pyrrole nitrogens is 1. The second-order valence-electron chi connectivity index (χ2n) is 5.03. The van der Waals surface area contributed by atoms with Gasteiger partial charge in [-0.15, -0.1) is 0 Å². The molecule has 1 aliphatic carbocycles. The predicted molar refractivity (Wildman–Crippen MR) is 76.5 cm³/mol. The molecular weight excluding hydrogens is 262 g/mol. The molecule has 1 aromatic heterocycles. The van der Waals surface area contributed by atoms with Gasteiger partial charge in [0, 0.05) is 11.6 Å². The molecule has 1 aromatic carbocycles. The minimum atomic E-state index is 0.128. The molecule has 3 rings (SSSR count). The van der Waals surface area contributed by atoms with Crippen LogP contribution >= 0.6 is 11.6 Å². The fourth-order valence-electron chi connectivity index (χ4n) is 2.94. The number of phenolic OH excluding ortho intramolecular Hbond substituents is 1. The molecule has 0 unspecified atom stereocenters. The van der Waals surface area contributed by atoms with E-state index >= 15 is 0 Å². The van der Waals surface area contributed by atoms with Gasteiger partial charge in [0.25, 0.3) is 0 Å². The number of phenols is 1. The summed E-state index contributed by atoms with van der Waals surface area (Å²) in [5, 5.41) is 17.6. The van der Waals surface area contributed by atoms with Crippen LogP contribution in [0.25, 0.3) is 11.3 Å². The predicted octanol–water partition coefficient (Wildman–Crippen LogP) is 3.21. The van der Waals surface area contributed by atoms with Crippen molar-refractivity contribution in [3.63, 3.8) is 0 Å². The van der Waals surface area contributed by atoms with E-state index in [1.165, 1.54) is 12.0 Å². The molecule has 0 aliphatic heterocycles. The fraction of sp³-hybridized carbons (Fsp3) is 0.357. The van der Waals surface area contributed by atoms with Crippen LogP contribution in [0.15, 0.2) is 6.07 Å². The molecule has 4 N–H and O–H groups in total. The summed E-state index contributed by atoms with van der Waals surface area (Å²) in [5.41, 5.74) is 10.5. The van der Waals surface area contributed by atoms with Crippen LogP contribution in [0.3, 0.4) is 0 Å². The molecule has 4 nitrogen and oxygen atoms in total. The van der Waals surface area contributed by atoms with Gasteiger partial charge in [0.15, 0.2) is 0 Å². The summed E-state index contributed by atoms with van der Waals surface area (Å²) in [7, 11) is 0. The van der Waals surface area contributed by atoms with Gasteiger partial charge in [0.05, 0.1) is 10.7 Å². The number of nitrogen functional groups attached to an aromatic ring is 1. The Morgan fingerprint density at radius 3 is 2.63 bits per heavy atom. The summed E-state index contributed by atoms with van der Waals surface area (Å²) in [6, 6.07) is 1.72. The van der Waals surface area contributed by atoms with Crippen LogP contribution < -0.4 is 5.73 Å². The Morgan fingerprint density at radius 2 is 2.00 bits per heavy atom. The van der Waals surface area contributed by atoms with E-state index in [4.69, 9.17) is 17.3 Å². The van der Waals surface area contributed by atoms with Crippen LogP contribution in [0.5, 0.6) is 5.75 Å². The number of halogens is 1. The zero-order valence-corrected chi connectivity index (χ0v) is 11.5. The number of fused-ring (bicyclic) bond motifs is 1. The summed E-state index contributed by atoms with van der Waals surface area (Å²) < 4.78 is 0. The van der Waals surface area contributed by atoms with Gasteiger partial charge in [-0.3, -0.25) is 5.10 Å². The molecule has 100 valence electrons. The molecule has 0 bridgehead atoms. The van der Waals surface area contributed by atoms with Crippen LogP contribution in [0.4, 0.5) is 5.82 Å². The van der Waals surface area contributed by atoms with E-state index in [0.29, 0.717) is 16.5 Å². The van der Waals surface area contributed by atoms with Crippen molar-refractivity contribution in [3.8, 4) is 17.0 Å². The Balaban J connectivity index is 2.28. The second-order valence-corrected chi connectivity index (χ2v) is 5.41. The number of aromatic nitrogens is 2. The zero-order chi connectivity index (χ0) is 13.6. The maximum Gasteiger partial charge on any atom is 0.145 e. The lowest BCUT2D eigenvalue weighted by Gasteiger charge is -2.23. The first kappa shape index (κ1) is 12.4. The number of nitrogens with zero attached hydrogens (tertiary/aromatic N) is 1. The lowest BCUT2D eigenvalue weighted by Crippen LogP contribution is -2.07. The van der Waals surface area contributed by atoms with E-state index < -0.39 is 0 Å². The van der Waals surface area contributed by atoms with Gasteiger partial charge in [-0.2, -0.15) is 5.10 Å². The molecule has 1 aliphatic rings. The maximum absolute atomic E-state index is 10.4. The number of anilines is 1. The SMILES string of the molecule is Cc1c2c(c(Cl)c(O)c1-c1cc(N)n[nH]1)CCCC2. The number of aromatic hydroxyl groups is 1. The Labute approximate surface area is 116 Å². The van der Waals surface area contributed by atoms with Crippen molar-refractivity contribution >= 4 is 17.4 Å². The first-order chi connectivity index (χ1) is 9.09. The number of hydrogen-bond acceptors (Lipinski definition) is 3. The third kappa shape index (κ3) is 1.87. The highest BCUT2D eigenvalue weighted by Gasteiger charge is 2.23. The van der Waals surface area contributed by atoms with Gasteiger partial charge in [0.1, 0.15) is 11.6 Å². The molecule has 2 aromatic rings. The molecule has 5 heteroatoms. The van der Waals surface area contributed by atoms with Gasteiger partial charge >= 0.3 is 0 Å². The third-order valence-corrected chi connectivity index (χ3v) is 4.28. The van der Waals surface area contributed by atoms with Crippen LogP contribution in [0, 0.1) is 6.92 Å². The smallest absolute Gasteiger partial charge is 0.145 e. The number of nitrogens with one attached hydrogen (secondary N) is 1. The number of aromatic amines is 1. The minimum absolute atomic E-state index is 0.128. The topological polar surface area (TPSA) is 74.9 Å². The normalized spacial score (nSPS) is 14.4. The summed E-state index contributed by atoms with van der Waals surface area (Å²) in [6.45, 7) is 2.02. The lowest BCUT2D eigenvalue weighted by atomic mass is 9.85. The van der Waals surface area contributed by atoms with Gasteiger partial charge in [-0.1, -0.05) is 11.6 Å². The van der Waals surface area contributed by atoms with E-state index in [2.05, 4.69) is 10.2 Å². The van der Waals surface area contributed by atoms with E-state index in [-0.39, 0.29) is 5.75 Å². The highest BCUT2D eigenvalue weighted by Crippen LogP contribution is 2.44. The van der Waals surface area contributed by atoms with Crippen molar-refractivity contribution in [2.45, 2.75) is 32.6 Å². The highest BCUT2D eigenvalue weighted by atomic mass is 35.5. The Hall–Kier alpha value is -1.68. The van der Waals surface area contributed by atoms with Crippen molar-refractivity contribution in [1.82, 2.24) is 10.2 Å². The quantitative estimate of drug-likeness (QED) is 0.749. The molecule has 0 saturated heterocycles. The second kappa shape index (κ2) is 4.46. The van der Waals surface area contributed by atoms with Crippen molar-refractivity contribution in [2.75, 3.05) is 5.73 Å². The Kier molecular flexibility index (Phi) is 2.90. The van der Waals surface area contributed by atoms with Crippen molar-refractivity contribution < 1.29 is 5.11 Å². The number of hydrogen-bond donors (Lipinski definition) is 3. The van der Waals surface area contributed by atoms with E-state index in [1.54, 1.807) is 6.07 Å². The van der Waals surface area contributed by atoms with Crippen LogP contribution in [0.1, 0.15) is 29.5 Å². The standard InChI is InChI=1S/C14H16ClN3O/c1-7-8-4-2-3-5-9(8)13(15)14(19)12(7)10-6-11(16)18-17-10/h6,19H,2-5H2,1H3,(H3,16,17,18). The average molecular weight is 278 g/mol. The van der Waals surface area contributed by atoms with E-state index in [1.807, 2.05) is 6.92 Å². The molecule has 0 saturated carbocycles. The molecule has 0 spiro atoms. The lowest BCUT2D eigenvalue weighted by molar-refractivity contribution is 0.475. The minimum Gasteiger partial charge on any atom is -0.506 e. The highest BCUT2D eigenvalue weighted by molar-refractivity contribution is 6.33. The van der Waals surface area contributed by atoms with E-state index in [9.17, 15) is 5.11 Å². The number of rotatable bonds is 1. The molecule has 0 radical (unpaired) electrons. The molecule has 1 heterocycles. The first-order valence-electron chi connectivity index (χ1n) is 6.43. The molecule has 0 atom stereocenters. The molecular formula is C14H16ClN3O. The Bertz CT molecular complexity index is 649. The molecule has 0 amide bonds. The van der Waals surface area contributed by atoms with Crippen molar-refractivity contribution in [3.05, 3.63) is 27.8 Å². The van der Waals surface area contributed by atoms with Gasteiger partial charge in [-0.05, 0) is 49.3 Å². The van der Waals surface area contributed by atoms with Gasteiger partial charge in [0.2, 0.25) is 0 Å². The first-order valence-corrected chi connectivity index (χ1v) is 6.81. The van der Waals surface area contributed by atoms with Crippen molar-refractivity contribution in [2.24, 2.45) is 0 Å². The van der Waals surface area contributed by atoms with Crippen LogP contribution in [-0.4, -0.2) is 15.3 Å². The maximum atomic E-state index is 10.4. The fourth-order valence-corrected chi connectivity index (χ4v) is 3.24. The Morgan fingerprint density at radius 1 is 1.32 bits per heavy atom. The average Bonchev–Trinajstić information content (AvgIpc) is 2.83. The number of nitrogens with two attached hydrogens (primary N) is 1.